The van der Waals surface area contributed by atoms with Crippen LogP contribution in [0, 0.1) is 0 Å². The maximum Gasteiger partial charge on any atom is 0.264 e. The molecule has 5 nitrogen and oxygen atoms in total. The maximum atomic E-state index is 12.4. The molecule has 2 aliphatic heterocycles. The summed E-state index contributed by atoms with van der Waals surface area (Å²) < 4.78 is 0. The molecule has 7 heteroatoms. The number of fused-ring (bicyclic) bond motifs is 1. The van der Waals surface area contributed by atoms with Gasteiger partial charge in [-0.1, -0.05) is 6.07 Å². The van der Waals surface area contributed by atoms with Gasteiger partial charge in [0, 0.05) is 37.5 Å². The van der Waals surface area contributed by atoms with Crippen LogP contribution >= 0.6 is 22.7 Å². The van der Waals surface area contributed by atoms with Gasteiger partial charge in [-0.2, -0.15) is 0 Å². The third kappa shape index (κ3) is 2.80. The van der Waals surface area contributed by atoms with E-state index >= 15 is 0 Å². The summed E-state index contributed by atoms with van der Waals surface area (Å²) in [4.78, 5) is 28.2. The Balaban J connectivity index is 1.44. The van der Waals surface area contributed by atoms with Crippen LogP contribution in [0.4, 0.5) is 5.69 Å². The van der Waals surface area contributed by atoms with E-state index in [2.05, 4.69) is 16.1 Å². The number of anilines is 1. The molecule has 1 amide bonds. The van der Waals surface area contributed by atoms with E-state index in [1.165, 1.54) is 11.3 Å². The first-order valence-corrected chi connectivity index (χ1v) is 9.41. The Hall–Kier alpha value is -1.70. The van der Waals surface area contributed by atoms with Crippen LogP contribution < -0.4 is 5.01 Å². The van der Waals surface area contributed by atoms with Gasteiger partial charge in [-0.25, -0.2) is 5.01 Å². The standard InChI is InChI=1S/C16H17N3O2S2/c20-12-10-15-13(3-9-23-15)19(11-12)18-6-4-17(5-7-18)16(21)14-2-1-8-22-14/h1-3,8-9H,4-7,10-11H2. The van der Waals surface area contributed by atoms with E-state index in [9.17, 15) is 9.59 Å². The second-order valence-corrected chi connectivity index (χ2v) is 7.67. The molecule has 0 spiro atoms. The summed E-state index contributed by atoms with van der Waals surface area (Å²) in [5, 5.41) is 8.29. The Bertz CT molecular complexity index is 718. The molecule has 120 valence electrons. The number of amides is 1. The minimum Gasteiger partial charge on any atom is -0.335 e. The summed E-state index contributed by atoms with van der Waals surface area (Å²) in [5.41, 5.74) is 1.16. The molecule has 23 heavy (non-hydrogen) atoms. The number of hydrogen-bond acceptors (Lipinski definition) is 6. The first-order chi connectivity index (χ1) is 11.2. The number of carbonyl (C=O) groups is 2. The molecule has 2 aliphatic rings. The van der Waals surface area contributed by atoms with Crippen molar-refractivity contribution in [1.29, 1.82) is 0 Å². The first-order valence-electron chi connectivity index (χ1n) is 7.65. The van der Waals surface area contributed by atoms with Crippen molar-refractivity contribution < 1.29 is 9.59 Å². The third-order valence-electron chi connectivity index (χ3n) is 4.30. The Kier molecular flexibility index (Phi) is 3.92. The lowest BCUT2D eigenvalue weighted by Crippen LogP contribution is -2.57. The van der Waals surface area contributed by atoms with Crippen LogP contribution in [-0.2, 0) is 11.2 Å². The van der Waals surface area contributed by atoms with Gasteiger partial charge in [-0.15, -0.1) is 22.7 Å². The highest BCUT2D eigenvalue weighted by Gasteiger charge is 2.31. The highest BCUT2D eigenvalue weighted by atomic mass is 32.1. The first kappa shape index (κ1) is 14.9. The molecule has 1 saturated heterocycles. The van der Waals surface area contributed by atoms with Crippen molar-refractivity contribution in [3.63, 3.8) is 0 Å². The highest BCUT2D eigenvalue weighted by Crippen LogP contribution is 2.32. The Morgan fingerprint density at radius 2 is 1.87 bits per heavy atom. The quantitative estimate of drug-likeness (QED) is 0.835. The van der Waals surface area contributed by atoms with Crippen LogP contribution in [0.25, 0.3) is 0 Å². The zero-order chi connectivity index (χ0) is 15.8. The molecule has 0 bridgehead atoms. The van der Waals surface area contributed by atoms with Gasteiger partial charge in [0.05, 0.1) is 17.1 Å². The van der Waals surface area contributed by atoms with Crippen molar-refractivity contribution in [2.24, 2.45) is 0 Å². The number of nitrogens with zero attached hydrogens (tertiary/aromatic N) is 3. The number of ketones is 1. The molecular weight excluding hydrogens is 330 g/mol. The maximum absolute atomic E-state index is 12.4. The zero-order valence-electron chi connectivity index (χ0n) is 12.6. The van der Waals surface area contributed by atoms with Gasteiger partial charge in [0.2, 0.25) is 0 Å². The molecule has 4 heterocycles. The predicted molar refractivity (Wildman–Crippen MR) is 92.2 cm³/mol. The number of hydrogen-bond donors (Lipinski definition) is 0. The highest BCUT2D eigenvalue weighted by molar-refractivity contribution is 7.12. The number of hydrazine groups is 1. The van der Waals surface area contributed by atoms with E-state index in [0.29, 0.717) is 26.1 Å². The van der Waals surface area contributed by atoms with Crippen molar-refractivity contribution in [1.82, 2.24) is 9.91 Å². The summed E-state index contributed by atoms with van der Waals surface area (Å²) in [6.45, 7) is 3.36. The summed E-state index contributed by atoms with van der Waals surface area (Å²) >= 11 is 3.14. The molecule has 4 rings (SSSR count). The van der Waals surface area contributed by atoms with Gasteiger partial charge < -0.3 is 4.90 Å². The van der Waals surface area contributed by atoms with Crippen molar-refractivity contribution in [3.05, 3.63) is 38.7 Å². The molecule has 2 aromatic heterocycles. The fourth-order valence-corrected chi connectivity index (χ4v) is 4.72. The lowest BCUT2D eigenvalue weighted by atomic mass is 10.1. The lowest BCUT2D eigenvalue weighted by molar-refractivity contribution is -0.118. The molecule has 0 N–H and O–H groups in total. The van der Waals surface area contributed by atoms with Gasteiger partial charge in [-0.3, -0.25) is 14.6 Å². The second kappa shape index (κ2) is 6.07. The average Bonchev–Trinajstić information content (AvgIpc) is 3.25. The smallest absolute Gasteiger partial charge is 0.264 e. The van der Waals surface area contributed by atoms with E-state index in [1.807, 2.05) is 27.8 Å². The molecule has 0 radical (unpaired) electrons. The molecule has 0 saturated carbocycles. The molecule has 2 aromatic rings. The van der Waals surface area contributed by atoms with Crippen LogP contribution in [0.1, 0.15) is 14.5 Å². The van der Waals surface area contributed by atoms with Crippen molar-refractivity contribution >= 4 is 40.1 Å². The fraction of sp³-hybridized carbons (Fsp3) is 0.375. The van der Waals surface area contributed by atoms with E-state index < -0.39 is 0 Å². The van der Waals surface area contributed by atoms with Gasteiger partial charge in [-0.05, 0) is 22.9 Å². The topological polar surface area (TPSA) is 43.9 Å². The Morgan fingerprint density at radius 1 is 1.04 bits per heavy atom. The minimum absolute atomic E-state index is 0.116. The van der Waals surface area contributed by atoms with E-state index in [1.54, 1.807) is 11.3 Å². The van der Waals surface area contributed by atoms with Crippen LogP contribution in [-0.4, -0.2) is 54.3 Å². The largest absolute Gasteiger partial charge is 0.335 e. The van der Waals surface area contributed by atoms with Crippen LogP contribution in [0.2, 0.25) is 0 Å². The molecule has 0 atom stereocenters. The van der Waals surface area contributed by atoms with Crippen molar-refractivity contribution in [2.75, 3.05) is 37.7 Å². The summed E-state index contributed by atoms with van der Waals surface area (Å²) in [5.74, 6) is 0.377. The van der Waals surface area contributed by atoms with Crippen molar-refractivity contribution in [2.45, 2.75) is 6.42 Å². The molecule has 0 unspecified atom stereocenters. The van der Waals surface area contributed by atoms with Gasteiger partial charge in [0.15, 0.2) is 5.78 Å². The SMILES string of the molecule is O=C1Cc2sccc2N(N2CCN(C(=O)c3cccs3)CC2)C1. The van der Waals surface area contributed by atoms with E-state index in [0.717, 1.165) is 28.5 Å². The molecular formula is C16H17N3O2S2. The number of thiophene rings is 2. The van der Waals surface area contributed by atoms with Gasteiger partial charge in [0.1, 0.15) is 0 Å². The number of piperazine rings is 1. The van der Waals surface area contributed by atoms with Crippen LogP contribution in [0.3, 0.4) is 0 Å². The summed E-state index contributed by atoms with van der Waals surface area (Å²) in [6, 6.07) is 5.88. The summed E-state index contributed by atoms with van der Waals surface area (Å²) in [7, 11) is 0. The lowest BCUT2D eigenvalue weighted by Gasteiger charge is -2.43. The zero-order valence-corrected chi connectivity index (χ0v) is 14.2. The normalized spacial score (nSPS) is 19.0. The van der Waals surface area contributed by atoms with Crippen LogP contribution in [0.5, 0.6) is 0 Å². The molecule has 0 aliphatic carbocycles. The number of carbonyl (C=O) groups excluding carboxylic acids is 2. The predicted octanol–water partition coefficient (Wildman–Crippen LogP) is 2.11. The second-order valence-electron chi connectivity index (χ2n) is 5.73. The van der Waals surface area contributed by atoms with Gasteiger partial charge in [0.25, 0.3) is 5.91 Å². The summed E-state index contributed by atoms with van der Waals surface area (Å²) in [6.07, 6.45) is 0.556. The molecule has 0 aromatic carbocycles. The average molecular weight is 347 g/mol. The fourth-order valence-electron chi connectivity index (χ4n) is 3.13. The van der Waals surface area contributed by atoms with Crippen LogP contribution in [0.15, 0.2) is 29.0 Å². The monoisotopic (exact) mass is 347 g/mol. The van der Waals surface area contributed by atoms with Crippen molar-refractivity contribution in [3.8, 4) is 0 Å². The minimum atomic E-state index is 0.116. The number of Topliss-reactive ketones (excluding diaryl/α,β-unsaturated/α-hetero) is 1. The number of rotatable bonds is 2. The van der Waals surface area contributed by atoms with Gasteiger partial charge >= 0.3 is 0 Å². The Morgan fingerprint density at radius 3 is 2.61 bits per heavy atom. The third-order valence-corrected chi connectivity index (χ3v) is 6.07. The molecule has 1 fully saturated rings. The van der Waals surface area contributed by atoms with E-state index in [-0.39, 0.29) is 11.7 Å². The van der Waals surface area contributed by atoms with E-state index in [4.69, 9.17) is 0 Å². The Labute approximate surface area is 142 Å².